The number of carbonyl (C=O) groups is 1. The monoisotopic (exact) mass is 338 g/mol. The van der Waals surface area contributed by atoms with Gasteiger partial charge in [-0.1, -0.05) is 11.6 Å². The smallest absolute Gasteiger partial charge is 0.257 e. The van der Waals surface area contributed by atoms with Crippen molar-refractivity contribution in [3.05, 3.63) is 28.8 Å². The predicted molar refractivity (Wildman–Crippen MR) is 89.1 cm³/mol. The zero-order valence-electron chi connectivity index (χ0n) is 13.4. The van der Waals surface area contributed by atoms with Crippen molar-refractivity contribution in [2.45, 2.75) is 31.4 Å². The lowest BCUT2D eigenvalue weighted by Crippen LogP contribution is -2.53. The molecule has 1 heterocycles. The molecule has 1 N–H and O–H groups in total. The van der Waals surface area contributed by atoms with Crippen molar-refractivity contribution >= 4 is 17.5 Å². The number of nitrogens with zero attached hydrogens (tertiary/aromatic N) is 2. The zero-order valence-corrected chi connectivity index (χ0v) is 14.1. The van der Waals surface area contributed by atoms with Gasteiger partial charge in [-0.2, -0.15) is 0 Å². The molecule has 1 saturated heterocycles. The summed E-state index contributed by atoms with van der Waals surface area (Å²) in [6.45, 7) is 2.97. The van der Waals surface area contributed by atoms with Crippen LogP contribution in [0.3, 0.4) is 0 Å². The van der Waals surface area contributed by atoms with Crippen molar-refractivity contribution in [3.63, 3.8) is 0 Å². The molecule has 5 nitrogen and oxygen atoms in total. The normalized spacial score (nSPS) is 25.6. The van der Waals surface area contributed by atoms with Crippen LogP contribution in [0.25, 0.3) is 0 Å². The Morgan fingerprint density at radius 2 is 2.00 bits per heavy atom. The maximum Gasteiger partial charge on any atom is 0.257 e. The quantitative estimate of drug-likeness (QED) is 0.916. The van der Waals surface area contributed by atoms with Crippen LogP contribution >= 0.6 is 11.6 Å². The van der Waals surface area contributed by atoms with Crippen molar-refractivity contribution in [2.24, 2.45) is 0 Å². The van der Waals surface area contributed by atoms with Crippen molar-refractivity contribution in [1.29, 1.82) is 0 Å². The molecule has 1 aliphatic carbocycles. The van der Waals surface area contributed by atoms with E-state index >= 15 is 0 Å². The highest BCUT2D eigenvalue weighted by atomic mass is 35.5. The molecule has 1 saturated carbocycles. The van der Waals surface area contributed by atoms with Crippen LogP contribution in [0.5, 0.6) is 5.75 Å². The third kappa shape index (κ3) is 3.47. The first-order valence-corrected chi connectivity index (χ1v) is 8.53. The number of halogens is 1. The van der Waals surface area contributed by atoms with Crippen molar-refractivity contribution in [1.82, 2.24) is 9.80 Å². The number of benzene rings is 1. The molecule has 126 valence electrons. The van der Waals surface area contributed by atoms with Crippen LogP contribution in [0.4, 0.5) is 0 Å². The van der Waals surface area contributed by atoms with E-state index < -0.39 is 0 Å². The van der Waals surface area contributed by atoms with Crippen molar-refractivity contribution in [2.75, 3.05) is 33.3 Å². The second-order valence-corrected chi connectivity index (χ2v) is 6.67. The van der Waals surface area contributed by atoms with E-state index in [-0.39, 0.29) is 18.1 Å². The van der Waals surface area contributed by atoms with E-state index in [2.05, 4.69) is 4.90 Å². The van der Waals surface area contributed by atoms with Gasteiger partial charge >= 0.3 is 0 Å². The van der Waals surface area contributed by atoms with Gasteiger partial charge in [0.2, 0.25) is 0 Å². The fraction of sp³-hybridized carbons (Fsp3) is 0.588. The maximum atomic E-state index is 12.7. The molecular weight excluding hydrogens is 316 g/mol. The summed E-state index contributed by atoms with van der Waals surface area (Å²) >= 11 is 5.96. The standard InChI is InChI=1S/C17H23ClN2O3/c1-23-16-11-12(18)5-6-13(16)17(22)20-9-7-19(8-10-20)14-3-2-4-15(14)21/h5-6,11,14-15,21H,2-4,7-10H2,1H3/t14-,15+/m0/s1. The van der Waals surface area contributed by atoms with Crippen LogP contribution in [0.1, 0.15) is 29.6 Å². The molecule has 2 fully saturated rings. The largest absolute Gasteiger partial charge is 0.496 e. The third-order valence-corrected chi connectivity index (χ3v) is 5.14. The molecule has 2 aliphatic rings. The number of aliphatic hydroxyl groups is 1. The number of carbonyl (C=O) groups excluding carboxylic acids is 1. The minimum atomic E-state index is -0.214. The number of hydrogen-bond acceptors (Lipinski definition) is 4. The van der Waals surface area contributed by atoms with E-state index in [0.717, 1.165) is 32.4 Å². The van der Waals surface area contributed by atoms with E-state index in [0.29, 0.717) is 29.4 Å². The first-order chi connectivity index (χ1) is 11.1. The zero-order chi connectivity index (χ0) is 16.4. The molecule has 3 rings (SSSR count). The van der Waals surface area contributed by atoms with E-state index in [1.807, 2.05) is 4.90 Å². The molecule has 1 amide bonds. The average molecular weight is 339 g/mol. The Morgan fingerprint density at radius 3 is 2.61 bits per heavy atom. The summed E-state index contributed by atoms with van der Waals surface area (Å²) < 4.78 is 5.28. The minimum Gasteiger partial charge on any atom is -0.496 e. The number of rotatable bonds is 3. The van der Waals surface area contributed by atoms with E-state index in [1.165, 1.54) is 0 Å². The fourth-order valence-corrected chi connectivity index (χ4v) is 3.78. The number of amides is 1. The van der Waals surface area contributed by atoms with Gasteiger partial charge in [0.05, 0.1) is 18.8 Å². The van der Waals surface area contributed by atoms with E-state index in [4.69, 9.17) is 16.3 Å². The van der Waals surface area contributed by atoms with Crippen LogP contribution in [0, 0.1) is 0 Å². The van der Waals surface area contributed by atoms with Gasteiger partial charge < -0.3 is 14.7 Å². The number of methoxy groups -OCH3 is 1. The molecular formula is C17H23ClN2O3. The van der Waals surface area contributed by atoms with Crippen LogP contribution < -0.4 is 4.74 Å². The molecule has 0 aromatic heterocycles. The van der Waals surface area contributed by atoms with E-state index in [1.54, 1.807) is 25.3 Å². The Balaban J connectivity index is 1.64. The summed E-state index contributed by atoms with van der Waals surface area (Å²) in [7, 11) is 1.54. The summed E-state index contributed by atoms with van der Waals surface area (Å²) in [5.74, 6) is 0.487. The number of aliphatic hydroxyl groups excluding tert-OH is 1. The van der Waals surface area contributed by atoms with Crippen LogP contribution in [0.2, 0.25) is 5.02 Å². The maximum absolute atomic E-state index is 12.7. The molecule has 1 aromatic carbocycles. The molecule has 23 heavy (non-hydrogen) atoms. The Hall–Kier alpha value is -1.30. The fourth-order valence-electron chi connectivity index (χ4n) is 3.62. The lowest BCUT2D eigenvalue weighted by atomic mass is 10.1. The molecule has 1 aliphatic heterocycles. The van der Waals surface area contributed by atoms with Crippen LogP contribution in [-0.2, 0) is 0 Å². The Labute approximate surface area is 141 Å². The number of ether oxygens (including phenoxy) is 1. The minimum absolute atomic E-state index is 0.0230. The van der Waals surface area contributed by atoms with Gasteiger partial charge in [0.15, 0.2) is 0 Å². The molecule has 1 aromatic rings. The number of hydrogen-bond donors (Lipinski definition) is 1. The highest BCUT2D eigenvalue weighted by Crippen LogP contribution is 2.27. The molecule has 2 atom stereocenters. The van der Waals surface area contributed by atoms with Gasteiger partial charge in [-0.25, -0.2) is 0 Å². The summed E-state index contributed by atoms with van der Waals surface area (Å²) in [6, 6.07) is 5.36. The van der Waals surface area contributed by atoms with Crippen molar-refractivity contribution in [3.8, 4) is 5.75 Å². The number of piperazine rings is 1. The first-order valence-electron chi connectivity index (χ1n) is 8.15. The SMILES string of the molecule is COc1cc(Cl)ccc1C(=O)N1CCN([C@H]2CCC[C@H]2O)CC1. The second kappa shape index (κ2) is 7.07. The summed E-state index contributed by atoms with van der Waals surface area (Å²) in [4.78, 5) is 16.9. The van der Waals surface area contributed by atoms with Gasteiger partial charge in [0.25, 0.3) is 5.91 Å². The predicted octanol–water partition coefficient (Wildman–Crippen LogP) is 2.02. The lowest BCUT2D eigenvalue weighted by Gasteiger charge is -2.39. The topological polar surface area (TPSA) is 53.0 Å². The summed E-state index contributed by atoms with van der Waals surface area (Å²) in [5, 5.41) is 10.6. The Morgan fingerprint density at radius 1 is 1.26 bits per heavy atom. The molecule has 0 bridgehead atoms. The lowest BCUT2D eigenvalue weighted by molar-refractivity contribution is 0.0314. The van der Waals surface area contributed by atoms with Gasteiger partial charge in [-0.15, -0.1) is 0 Å². The van der Waals surface area contributed by atoms with Crippen LogP contribution in [0.15, 0.2) is 18.2 Å². The summed E-state index contributed by atoms with van der Waals surface area (Å²) in [5.41, 5.74) is 0.547. The van der Waals surface area contributed by atoms with Gasteiger partial charge in [-0.05, 0) is 37.5 Å². The van der Waals surface area contributed by atoms with Crippen molar-refractivity contribution < 1.29 is 14.6 Å². The first kappa shape index (κ1) is 16.6. The highest BCUT2D eigenvalue weighted by molar-refractivity contribution is 6.30. The van der Waals surface area contributed by atoms with Crippen LogP contribution in [-0.4, -0.2) is 66.2 Å². The van der Waals surface area contributed by atoms with Gasteiger partial charge in [-0.3, -0.25) is 9.69 Å². The third-order valence-electron chi connectivity index (χ3n) is 4.91. The highest BCUT2D eigenvalue weighted by Gasteiger charge is 2.33. The summed E-state index contributed by atoms with van der Waals surface area (Å²) in [6.07, 6.45) is 2.83. The Kier molecular flexibility index (Phi) is 5.09. The average Bonchev–Trinajstić information content (AvgIpc) is 3.00. The molecule has 6 heteroatoms. The molecule has 0 radical (unpaired) electrons. The Bertz CT molecular complexity index is 573. The molecule has 0 spiro atoms. The van der Waals surface area contributed by atoms with E-state index in [9.17, 15) is 9.90 Å². The molecule has 0 unspecified atom stereocenters. The van der Waals surface area contributed by atoms with Gasteiger partial charge in [0, 0.05) is 37.2 Å². The second-order valence-electron chi connectivity index (χ2n) is 6.24. The van der Waals surface area contributed by atoms with Gasteiger partial charge in [0.1, 0.15) is 5.75 Å².